The van der Waals surface area contributed by atoms with E-state index in [-0.39, 0.29) is 6.03 Å². The summed E-state index contributed by atoms with van der Waals surface area (Å²) in [7, 11) is 0. The van der Waals surface area contributed by atoms with Crippen molar-refractivity contribution in [2.75, 3.05) is 49.6 Å². The van der Waals surface area contributed by atoms with Gasteiger partial charge in [0.25, 0.3) is 0 Å². The molecule has 138 valence electrons. The minimum atomic E-state index is 0.0307. The lowest BCUT2D eigenvalue weighted by atomic mass is 9.97. The first-order valence-corrected chi connectivity index (χ1v) is 9.52. The van der Waals surface area contributed by atoms with Crippen LogP contribution >= 0.6 is 0 Å². The number of benzene rings is 1. The van der Waals surface area contributed by atoms with E-state index in [4.69, 9.17) is 4.74 Å². The van der Waals surface area contributed by atoms with E-state index in [0.29, 0.717) is 11.8 Å². The number of morpholine rings is 1. The van der Waals surface area contributed by atoms with Crippen LogP contribution in [0.5, 0.6) is 0 Å². The summed E-state index contributed by atoms with van der Waals surface area (Å²) in [6.07, 6.45) is 2.29. The van der Waals surface area contributed by atoms with E-state index in [9.17, 15) is 4.79 Å². The normalized spacial score (nSPS) is 24.8. The van der Waals surface area contributed by atoms with E-state index in [2.05, 4.69) is 42.3 Å². The fourth-order valence-corrected chi connectivity index (χ4v) is 3.86. The number of urea groups is 1. The molecule has 0 saturated carbocycles. The van der Waals surface area contributed by atoms with Gasteiger partial charge in [0.15, 0.2) is 0 Å². The molecule has 2 aliphatic rings. The van der Waals surface area contributed by atoms with Crippen molar-refractivity contribution in [3.63, 3.8) is 0 Å². The number of nitrogens with one attached hydrogen (secondary N) is 1. The predicted octanol–water partition coefficient (Wildman–Crippen LogP) is 3.73. The lowest BCUT2D eigenvalue weighted by Crippen LogP contribution is -2.38. The monoisotopic (exact) mass is 345 g/mol. The van der Waals surface area contributed by atoms with Crippen molar-refractivity contribution in [2.45, 2.75) is 33.6 Å². The lowest BCUT2D eigenvalue weighted by Gasteiger charge is -2.30. The molecule has 1 N–H and O–H groups in total. The van der Waals surface area contributed by atoms with Crippen LogP contribution in [0.4, 0.5) is 16.2 Å². The molecule has 0 aliphatic carbocycles. The fraction of sp³-hybridized carbons (Fsp3) is 0.650. The Labute approximate surface area is 151 Å². The lowest BCUT2D eigenvalue weighted by molar-refractivity contribution is 0.122. The first-order valence-electron chi connectivity index (χ1n) is 9.52. The highest BCUT2D eigenvalue weighted by Crippen LogP contribution is 2.26. The topological polar surface area (TPSA) is 44.8 Å². The van der Waals surface area contributed by atoms with Gasteiger partial charge in [-0.3, -0.25) is 0 Å². The molecule has 0 spiro atoms. The first-order chi connectivity index (χ1) is 12.0. The van der Waals surface area contributed by atoms with E-state index in [0.717, 1.165) is 62.8 Å². The van der Waals surface area contributed by atoms with E-state index in [1.165, 1.54) is 6.42 Å². The standard InChI is InChI=1S/C20H31N3O2/c1-15-6-7-23(14-16(2)12-15)20(24)21-19-13-18(5-4-17(19)3)22-8-10-25-11-9-22/h4-5,13,15-16H,6-12,14H2,1-3H3,(H,21,24)/t15-,16-/m0/s1. The summed E-state index contributed by atoms with van der Waals surface area (Å²) < 4.78 is 5.43. The Morgan fingerprint density at radius 1 is 1.16 bits per heavy atom. The van der Waals surface area contributed by atoms with Gasteiger partial charge in [-0.25, -0.2) is 4.79 Å². The number of hydrogen-bond acceptors (Lipinski definition) is 3. The number of nitrogens with zero attached hydrogens (tertiary/aromatic N) is 2. The number of hydrogen-bond donors (Lipinski definition) is 1. The molecule has 0 unspecified atom stereocenters. The number of carbonyl (C=O) groups is 1. The van der Waals surface area contributed by atoms with E-state index < -0.39 is 0 Å². The first kappa shape index (κ1) is 18.1. The van der Waals surface area contributed by atoms with Crippen LogP contribution in [-0.2, 0) is 4.74 Å². The van der Waals surface area contributed by atoms with Crippen molar-refractivity contribution < 1.29 is 9.53 Å². The summed E-state index contributed by atoms with van der Waals surface area (Å²) >= 11 is 0. The average molecular weight is 345 g/mol. The van der Waals surface area contributed by atoms with Crippen LogP contribution in [-0.4, -0.2) is 50.3 Å². The van der Waals surface area contributed by atoms with Crippen LogP contribution < -0.4 is 10.2 Å². The molecule has 1 aromatic carbocycles. The molecular formula is C20H31N3O2. The second-order valence-corrected chi connectivity index (χ2v) is 7.71. The molecule has 2 heterocycles. The fourth-order valence-electron chi connectivity index (χ4n) is 3.86. The largest absolute Gasteiger partial charge is 0.378 e. The third kappa shape index (κ3) is 4.66. The summed E-state index contributed by atoms with van der Waals surface area (Å²) in [4.78, 5) is 17.1. The van der Waals surface area contributed by atoms with Gasteiger partial charge in [-0.1, -0.05) is 19.9 Å². The zero-order valence-electron chi connectivity index (χ0n) is 15.8. The van der Waals surface area contributed by atoms with Crippen molar-refractivity contribution in [1.29, 1.82) is 0 Å². The molecular weight excluding hydrogens is 314 g/mol. The van der Waals surface area contributed by atoms with Crippen molar-refractivity contribution in [2.24, 2.45) is 11.8 Å². The molecule has 0 bridgehead atoms. The van der Waals surface area contributed by atoms with Crippen molar-refractivity contribution in [3.05, 3.63) is 23.8 Å². The Bertz CT molecular complexity index is 599. The summed E-state index contributed by atoms with van der Waals surface area (Å²) in [5.74, 6) is 1.25. The van der Waals surface area contributed by atoms with Gasteiger partial charge in [-0.2, -0.15) is 0 Å². The highest BCUT2D eigenvalue weighted by Gasteiger charge is 2.23. The van der Waals surface area contributed by atoms with Crippen molar-refractivity contribution in [3.8, 4) is 0 Å². The van der Waals surface area contributed by atoms with Gasteiger partial charge in [-0.05, 0) is 49.3 Å². The summed E-state index contributed by atoms with van der Waals surface area (Å²) in [5, 5.41) is 3.15. The van der Waals surface area contributed by atoms with E-state index >= 15 is 0 Å². The molecule has 2 atom stereocenters. The van der Waals surface area contributed by atoms with Crippen LogP contribution in [0.1, 0.15) is 32.3 Å². The van der Waals surface area contributed by atoms with Crippen LogP contribution in [0, 0.1) is 18.8 Å². The smallest absolute Gasteiger partial charge is 0.321 e. The highest BCUT2D eigenvalue weighted by atomic mass is 16.5. The maximum Gasteiger partial charge on any atom is 0.321 e. The molecule has 1 aromatic rings. The third-order valence-corrected chi connectivity index (χ3v) is 5.35. The minimum absolute atomic E-state index is 0.0307. The Morgan fingerprint density at radius 3 is 2.68 bits per heavy atom. The van der Waals surface area contributed by atoms with Crippen LogP contribution in [0.15, 0.2) is 18.2 Å². The second kappa shape index (κ2) is 8.09. The number of rotatable bonds is 2. The number of ether oxygens (including phenoxy) is 1. The maximum absolute atomic E-state index is 12.8. The van der Waals surface area contributed by atoms with Crippen molar-refractivity contribution >= 4 is 17.4 Å². The number of carbonyl (C=O) groups excluding carboxylic acids is 1. The molecule has 5 heteroatoms. The van der Waals surface area contributed by atoms with E-state index in [1.807, 2.05) is 11.8 Å². The zero-order valence-corrected chi connectivity index (χ0v) is 15.8. The van der Waals surface area contributed by atoms with Gasteiger partial charge < -0.3 is 19.9 Å². The molecule has 2 amide bonds. The molecule has 0 radical (unpaired) electrons. The van der Waals surface area contributed by atoms with Gasteiger partial charge in [0.1, 0.15) is 0 Å². The maximum atomic E-state index is 12.8. The van der Waals surface area contributed by atoms with Gasteiger partial charge in [0.05, 0.1) is 13.2 Å². The summed E-state index contributed by atoms with van der Waals surface area (Å²) in [6, 6.07) is 6.35. The van der Waals surface area contributed by atoms with Gasteiger partial charge >= 0.3 is 6.03 Å². The predicted molar refractivity (Wildman–Crippen MR) is 102 cm³/mol. The number of amides is 2. The second-order valence-electron chi connectivity index (χ2n) is 7.71. The number of aryl methyl sites for hydroxylation is 1. The Morgan fingerprint density at radius 2 is 1.92 bits per heavy atom. The summed E-state index contributed by atoms with van der Waals surface area (Å²) in [6.45, 7) is 11.6. The van der Waals surface area contributed by atoms with E-state index in [1.54, 1.807) is 0 Å². The molecule has 3 rings (SSSR count). The Balaban J connectivity index is 1.69. The molecule has 2 saturated heterocycles. The van der Waals surface area contributed by atoms with Gasteiger partial charge in [-0.15, -0.1) is 0 Å². The molecule has 25 heavy (non-hydrogen) atoms. The van der Waals surface area contributed by atoms with Crippen LogP contribution in [0.2, 0.25) is 0 Å². The molecule has 2 aliphatic heterocycles. The van der Waals surface area contributed by atoms with Gasteiger partial charge in [0, 0.05) is 37.6 Å². The summed E-state index contributed by atoms with van der Waals surface area (Å²) in [5.41, 5.74) is 3.17. The quantitative estimate of drug-likeness (QED) is 0.888. The van der Waals surface area contributed by atoms with Crippen LogP contribution in [0.25, 0.3) is 0 Å². The zero-order chi connectivity index (χ0) is 17.8. The average Bonchev–Trinajstić information content (AvgIpc) is 2.78. The Kier molecular flexibility index (Phi) is 5.84. The minimum Gasteiger partial charge on any atom is -0.378 e. The molecule has 0 aromatic heterocycles. The highest BCUT2D eigenvalue weighted by molar-refractivity contribution is 5.91. The van der Waals surface area contributed by atoms with Crippen molar-refractivity contribution in [1.82, 2.24) is 4.90 Å². The third-order valence-electron chi connectivity index (χ3n) is 5.35. The molecule has 5 nitrogen and oxygen atoms in total. The molecule has 2 fully saturated rings. The number of likely N-dealkylation sites (tertiary alicyclic amines) is 1. The SMILES string of the molecule is Cc1ccc(N2CCOCC2)cc1NC(=O)N1CC[C@H](C)C[C@H](C)C1. The van der Waals surface area contributed by atoms with Gasteiger partial charge in [0.2, 0.25) is 0 Å². The van der Waals surface area contributed by atoms with Crippen LogP contribution in [0.3, 0.4) is 0 Å². The number of anilines is 2. The Hall–Kier alpha value is -1.75.